The number of aliphatic hydroxyl groups is 1. The van der Waals surface area contributed by atoms with Gasteiger partial charge in [0.1, 0.15) is 17.7 Å². The molecule has 4 heteroatoms. The van der Waals surface area contributed by atoms with Crippen molar-refractivity contribution in [1.29, 1.82) is 0 Å². The lowest BCUT2D eigenvalue weighted by atomic mass is 10.0. The van der Waals surface area contributed by atoms with Crippen molar-refractivity contribution in [2.75, 3.05) is 0 Å². The molecular formula is C14H11BrF2O. The minimum atomic E-state index is -0.991. The number of hydrogen-bond acceptors (Lipinski definition) is 1. The third-order valence-electron chi connectivity index (χ3n) is 2.76. The van der Waals surface area contributed by atoms with Crippen LogP contribution in [0.4, 0.5) is 8.78 Å². The van der Waals surface area contributed by atoms with Crippen LogP contribution in [0.3, 0.4) is 0 Å². The minimum absolute atomic E-state index is 0.375. The second-order valence-corrected chi connectivity index (χ2v) is 4.93. The lowest BCUT2D eigenvalue weighted by Crippen LogP contribution is -2.02. The van der Waals surface area contributed by atoms with E-state index in [9.17, 15) is 13.9 Å². The number of benzene rings is 2. The van der Waals surface area contributed by atoms with Crippen molar-refractivity contribution in [2.45, 2.75) is 13.0 Å². The molecule has 0 aliphatic heterocycles. The van der Waals surface area contributed by atoms with Gasteiger partial charge >= 0.3 is 0 Å². The first-order chi connectivity index (χ1) is 8.49. The molecule has 2 rings (SSSR count). The van der Waals surface area contributed by atoms with Gasteiger partial charge in [0.05, 0.1) is 0 Å². The van der Waals surface area contributed by atoms with Gasteiger partial charge in [-0.05, 0) is 42.3 Å². The summed E-state index contributed by atoms with van der Waals surface area (Å²) in [5.74, 6) is -0.755. The van der Waals surface area contributed by atoms with Gasteiger partial charge in [-0.2, -0.15) is 0 Å². The molecule has 0 saturated heterocycles. The van der Waals surface area contributed by atoms with Crippen LogP contribution in [0.25, 0.3) is 0 Å². The molecular weight excluding hydrogens is 302 g/mol. The van der Waals surface area contributed by atoms with Gasteiger partial charge < -0.3 is 5.11 Å². The summed E-state index contributed by atoms with van der Waals surface area (Å²) >= 11 is 3.29. The van der Waals surface area contributed by atoms with Crippen molar-refractivity contribution in [3.05, 3.63) is 69.2 Å². The molecule has 1 nitrogen and oxygen atoms in total. The smallest absolute Gasteiger partial charge is 0.126 e. The maximum absolute atomic E-state index is 13.5. The minimum Gasteiger partial charge on any atom is -0.384 e. The van der Waals surface area contributed by atoms with Gasteiger partial charge in [-0.25, -0.2) is 8.78 Å². The summed E-state index contributed by atoms with van der Waals surface area (Å²) in [5, 5.41) is 10.2. The van der Waals surface area contributed by atoms with Gasteiger partial charge in [-0.1, -0.05) is 28.1 Å². The van der Waals surface area contributed by atoms with E-state index in [1.54, 1.807) is 13.0 Å². The molecule has 2 aromatic carbocycles. The fourth-order valence-electron chi connectivity index (χ4n) is 1.70. The van der Waals surface area contributed by atoms with Crippen LogP contribution in [0.5, 0.6) is 0 Å². The van der Waals surface area contributed by atoms with Gasteiger partial charge in [0, 0.05) is 10.0 Å². The second-order valence-electron chi connectivity index (χ2n) is 4.08. The Kier molecular flexibility index (Phi) is 3.78. The van der Waals surface area contributed by atoms with Crippen LogP contribution in [0.15, 0.2) is 40.9 Å². The van der Waals surface area contributed by atoms with Crippen molar-refractivity contribution in [3.8, 4) is 0 Å². The molecule has 94 valence electrons. The normalized spacial score (nSPS) is 12.5. The Morgan fingerprint density at radius 1 is 1.11 bits per heavy atom. The first-order valence-corrected chi connectivity index (χ1v) is 6.17. The summed E-state index contributed by atoms with van der Waals surface area (Å²) in [7, 11) is 0. The molecule has 1 atom stereocenters. The average Bonchev–Trinajstić information content (AvgIpc) is 2.34. The highest BCUT2D eigenvalue weighted by atomic mass is 79.9. The van der Waals surface area contributed by atoms with Crippen LogP contribution >= 0.6 is 15.9 Å². The fraction of sp³-hybridized carbons (Fsp3) is 0.143. The number of hydrogen-bond donors (Lipinski definition) is 1. The van der Waals surface area contributed by atoms with E-state index in [0.29, 0.717) is 21.2 Å². The van der Waals surface area contributed by atoms with Crippen LogP contribution in [0.2, 0.25) is 0 Å². The lowest BCUT2D eigenvalue weighted by Gasteiger charge is -2.14. The van der Waals surface area contributed by atoms with Crippen molar-refractivity contribution in [2.24, 2.45) is 0 Å². The predicted octanol–water partition coefficient (Wildman–Crippen LogP) is 4.12. The van der Waals surface area contributed by atoms with E-state index in [4.69, 9.17) is 0 Å². The van der Waals surface area contributed by atoms with Crippen molar-refractivity contribution < 1.29 is 13.9 Å². The number of aliphatic hydroxyl groups excluding tert-OH is 1. The zero-order valence-corrected chi connectivity index (χ0v) is 11.2. The van der Waals surface area contributed by atoms with Crippen molar-refractivity contribution in [1.82, 2.24) is 0 Å². The molecule has 0 aliphatic carbocycles. The Hall–Kier alpha value is -1.26. The largest absolute Gasteiger partial charge is 0.384 e. The number of rotatable bonds is 2. The maximum Gasteiger partial charge on any atom is 0.126 e. The highest BCUT2D eigenvalue weighted by molar-refractivity contribution is 9.10. The SMILES string of the molecule is Cc1cc(Br)c(C(O)c2ccc(F)cc2)cc1F. The van der Waals surface area contributed by atoms with E-state index in [1.165, 1.54) is 30.3 Å². The van der Waals surface area contributed by atoms with Gasteiger partial charge in [0.15, 0.2) is 0 Å². The fourth-order valence-corrected chi connectivity index (χ4v) is 2.37. The molecule has 0 fully saturated rings. The molecule has 0 bridgehead atoms. The number of halogens is 3. The molecule has 0 heterocycles. The summed E-state index contributed by atoms with van der Waals surface area (Å²) in [6, 6.07) is 8.37. The Morgan fingerprint density at radius 2 is 1.72 bits per heavy atom. The molecule has 0 aromatic heterocycles. The van der Waals surface area contributed by atoms with E-state index in [-0.39, 0.29) is 11.6 Å². The van der Waals surface area contributed by atoms with Crippen LogP contribution in [-0.4, -0.2) is 5.11 Å². The molecule has 1 unspecified atom stereocenters. The summed E-state index contributed by atoms with van der Waals surface area (Å²) in [6.45, 7) is 1.65. The Balaban J connectivity index is 2.42. The van der Waals surface area contributed by atoms with E-state index < -0.39 is 6.10 Å². The monoisotopic (exact) mass is 312 g/mol. The average molecular weight is 313 g/mol. The quantitative estimate of drug-likeness (QED) is 0.884. The van der Waals surface area contributed by atoms with Gasteiger partial charge in [0.2, 0.25) is 0 Å². The van der Waals surface area contributed by atoms with Gasteiger partial charge in [-0.3, -0.25) is 0 Å². The molecule has 0 radical (unpaired) electrons. The molecule has 2 aromatic rings. The number of aryl methyl sites for hydroxylation is 1. The van der Waals surface area contributed by atoms with Gasteiger partial charge in [0.25, 0.3) is 0 Å². The molecule has 0 aliphatic rings. The predicted molar refractivity (Wildman–Crippen MR) is 69.3 cm³/mol. The topological polar surface area (TPSA) is 20.2 Å². The lowest BCUT2D eigenvalue weighted by molar-refractivity contribution is 0.219. The molecule has 0 spiro atoms. The first kappa shape index (κ1) is 13.2. The molecule has 0 saturated carbocycles. The molecule has 1 N–H and O–H groups in total. The third-order valence-corrected chi connectivity index (χ3v) is 3.45. The molecule has 18 heavy (non-hydrogen) atoms. The summed E-state index contributed by atoms with van der Waals surface area (Å²) in [5.41, 5.74) is 1.43. The van der Waals surface area contributed by atoms with Crippen molar-refractivity contribution >= 4 is 15.9 Å². The second kappa shape index (κ2) is 5.16. The van der Waals surface area contributed by atoms with Crippen LogP contribution in [0, 0.1) is 18.6 Å². The van der Waals surface area contributed by atoms with Crippen LogP contribution < -0.4 is 0 Å². The highest BCUT2D eigenvalue weighted by Crippen LogP contribution is 2.30. The van der Waals surface area contributed by atoms with E-state index in [1.807, 2.05) is 0 Å². The maximum atomic E-state index is 13.5. The standard InChI is InChI=1S/C14H11BrF2O/c1-8-6-12(15)11(7-13(8)17)14(18)9-2-4-10(16)5-3-9/h2-7,14,18H,1H3. The Bertz CT molecular complexity index is 567. The van der Waals surface area contributed by atoms with E-state index in [0.717, 1.165) is 0 Å². The highest BCUT2D eigenvalue weighted by Gasteiger charge is 2.15. The molecule has 0 amide bonds. The first-order valence-electron chi connectivity index (χ1n) is 5.38. The Labute approximate surface area is 112 Å². The van der Waals surface area contributed by atoms with Crippen molar-refractivity contribution in [3.63, 3.8) is 0 Å². The summed E-state index contributed by atoms with van der Waals surface area (Å²) in [6.07, 6.45) is -0.991. The zero-order valence-electron chi connectivity index (χ0n) is 9.62. The summed E-state index contributed by atoms with van der Waals surface area (Å²) < 4.78 is 26.9. The van der Waals surface area contributed by atoms with Crippen LogP contribution in [0.1, 0.15) is 22.8 Å². The third kappa shape index (κ3) is 2.60. The Morgan fingerprint density at radius 3 is 2.33 bits per heavy atom. The van der Waals surface area contributed by atoms with E-state index >= 15 is 0 Å². The zero-order chi connectivity index (χ0) is 13.3. The van der Waals surface area contributed by atoms with Gasteiger partial charge in [-0.15, -0.1) is 0 Å². The van der Waals surface area contributed by atoms with Crippen LogP contribution in [-0.2, 0) is 0 Å². The summed E-state index contributed by atoms with van der Waals surface area (Å²) in [4.78, 5) is 0. The van der Waals surface area contributed by atoms with E-state index in [2.05, 4.69) is 15.9 Å².